The van der Waals surface area contributed by atoms with Crippen molar-refractivity contribution >= 4 is 5.91 Å². The smallest absolute Gasteiger partial charge is 0.240 e. The highest BCUT2D eigenvalue weighted by atomic mass is 16.2. The van der Waals surface area contributed by atoms with Gasteiger partial charge < -0.3 is 10.6 Å². The van der Waals surface area contributed by atoms with E-state index >= 15 is 0 Å². The molecule has 2 N–H and O–H groups in total. The molecule has 1 aromatic carbocycles. The monoisotopic (exact) mass is 234 g/mol. The molecule has 0 saturated carbocycles. The van der Waals surface area contributed by atoms with Crippen LogP contribution in [0.5, 0.6) is 0 Å². The number of hydrogen-bond acceptors (Lipinski definition) is 2. The molecule has 0 heterocycles. The van der Waals surface area contributed by atoms with Crippen molar-refractivity contribution in [2.75, 3.05) is 6.54 Å². The number of carbonyl (C=O) groups is 1. The number of carbonyl (C=O) groups excluding carboxylic acids is 1. The standard InChI is InChI=1S/C14H22N2O/c1-5-15-14(3,4)13(17)16-11(2)12-9-7-6-8-10-12/h6-11,15H,5H2,1-4H3,(H,16,17). The van der Waals surface area contributed by atoms with Crippen LogP contribution in [0.2, 0.25) is 0 Å². The molecule has 94 valence electrons. The molecule has 0 spiro atoms. The predicted octanol–water partition coefficient (Wildman–Crippen LogP) is 2.25. The highest BCUT2D eigenvalue weighted by Gasteiger charge is 2.27. The minimum atomic E-state index is -0.530. The minimum Gasteiger partial charge on any atom is -0.348 e. The Morgan fingerprint density at radius 1 is 1.29 bits per heavy atom. The number of likely N-dealkylation sites (N-methyl/N-ethyl adjacent to an activating group) is 1. The molecule has 0 aliphatic carbocycles. The predicted molar refractivity (Wildman–Crippen MR) is 70.8 cm³/mol. The molecule has 17 heavy (non-hydrogen) atoms. The summed E-state index contributed by atoms with van der Waals surface area (Å²) >= 11 is 0. The second-order valence-corrected chi connectivity index (χ2v) is 4.76. The van der Waals surface area contributed by atoms with Gasteiger partial charge in [0.25, 0.3) is 0 Å². The van der Waals surface area contributed by atoms with Gasteiger partial charge in [-0.1, -0.05) is 37.3 Å². The van der Waals surface area contributed by atoms with Crippen LogP contribution in [0.15, 0.2) is 30.3 Å². The third-order valence-electron chi connectivity index (χ3n) is 2.83. The lowest BCUT2D eigenvalue weighted by molar-refractivity contribution is -0.127. The van der Waals surface area contributed by atoms with Crippen LogP contribution < -0.4 is 10.6 Å². The van der Waals surface area contributed by atoms with Crippen LogP contribution in [0.1, 0.15) is 39.3 Å². The van der Waals surface area contributed by atoms with Gasteiger partial charge in [0.05, 0.1) is 11.6 Å². The maximum Gasteiger partial charge on any atom is 0.240 e. The molecular weight excluding hydrogens is 212 g/mol. The molecule has 1 atom stereocenters. The second-order valence-electron chi connectivity index (χ2n) is 4.76. The maximum atomic E-state index is 12.1. The maximum absolute atomic E-state index is 12.1. The number of hydrogen-bond donors (Lipinski definition) is 2. The number of amides is 1. The van der Waals surface area contributed by atoms with Gasteiger partial charge in [-0.15, -0.1) is 0 Å². The van der Waals surface area contributed by atoms with E-state index in [2.05, 4.69) is 10.6 Å². The first-order valence-corrected chi connectivity index (χ1v) is 6.08. The quantitative estimate of drug-likeness (QED) is 0.820. The first-order chi connectivity index (χ1) is 7.97. The normalized spacial score (nSPS) is 13.2. The summed E-state index contributed by atoms with van der Waals surface area (Å²) in [5.74, 6) is 0.0238. The zero-order valence-corrected chi connectivity index (χ0v) is 11.1. The van der Waals surface area contributed by atoms with Crippen LogP contribution in [0.25, 0.3) is 0 Å². The lowest BCUT2D eigenvalue weighted by atomic mass is 10.0. The first kappa shape index (κ1) is 13.7. The van der Waals surface area contributed by atoms with E-state index in [1.165, 1.54) is 0 Å². The van der Waals surface area contributed by atoms with Gasteiger partial charge in [0.15, 0.2) is 0 Å². The molecule has 3 nitrogen and oxygen atoms in total. The third-order valence-corrected chi connectivity index (χ3v) is 2.83. The van der Waals surface area contributed by atoms with Gasteiger partial charge in [0.1, 0.15) is 0 Å². The van der Waals surface area contributed by atoms with Crippen LogP contribution in [-0.2, 0) is 4.79 Å². The van der Waals surface area contributed by atoms with Crippen LogP contribution in [-0.4, -0.2) is 18.0 Å². The Balaban J connectivity index is 2.63. The van der Waals surface area contributed by atoms with Gasteiger partial charge in [-0.05, 0) is 32.9 Å². The summed E-state index contributed by atoms with van der Waals surface area (Å²) in [7, 11) is 0. The summed E-state index contributed by atoms with van der Waals surface area (Å²) in [6.45, 7) is 8.55. The molecule has 0 bridgehead atoms. The van der Waals surface area contributed by atoms with Crippen LogP contribution in [0.3, 0.4) is 0 Å². The zero-order valence-electron chi connectivity index (χ0n) is 11.1. The molecule has 0 saturated heterocycles. The molecule has 0 aliphatic rings. The fraction of sp³-hybridized carbons (Fsp3) is 0.500. The molecule has 0 fully saturated rings. The summed E-state index contributed by atoms with van der Waals surface area (Å²) in [4.78, 5) is 12.1. The molecule has 0 aromatic heterocycles. The van der Waals surface area contributed by atoms with E-state index < -0.39 is 5.54 Å². The summed E-state index contributed by atoms with van der Waals surface area (Å²) in [5, 5.41) is 6.19. The lowest BCUT2D eigenvalue weighted by Gasteiger charge is -2.26. The van der Waals surface area contributed by atoms with Crippen molar-refractivity contribution in [3.8, 4) is 0 Å². The molecule has 0 radical (unpaired) electrons. The van der Waals surface area contributed by atoms with Crippen molar-refractivity contribution in [2.24, 2.45) is 0 Å². The highest BCUT2D eigenvalue weighted by Crippen LogP contribution is 2.13. The van der Waals surface area contributed by atoms with E-state index in [1.54, 1.807) is 0 Å². The van der Waals surface area contributed by atoms with Gasteiger partial charge in [-0.3, -0.25) is 4.79 Å². The van der Waals surface area contributed by atoms with Crippen molar-refractivity contribution in [1.82, 2.24) is 10.6 Å². The molecule has 1 rings (SSSR count). The van der Waals surface area contributed by atoms with Gasteiger partial charge in [0.2, 0.25) is 5.91 Å². The van der Waals surface area contributed by atoms with Crippen LogP contribution in [0.4, 0.5) is 0 Å². The van der Waals surface area contributed by atoms with Crippen LogP contribution >= 0.6 is 0 Å². The van der Waals surface area contributed by atoms with E-state index in [9.17, 15) is 4.79 Å². The Kier molecular flexibility index (Phi) is 4.70. The molecule has 1 unspecified atom stereocenters. The fourth-order valence-electron chi connectivity index (χ4n) is 1.72. The van der Waals surface area contributed by atoms with Gasteiger partial charge in [0, 0.05) is 0 Å². The van der Waals surface area contributed by atoms with E-state index in [0.717, 1.165) is 12.1 Å². The molecule has 0 aliphatic heterocycles. The Labute approximate surface area is 104 Å². The van der Waals surface area contributed by atoms with Crippen molar-refractivity contribution < 1.29 is 4.79 Å². The molecular formula is C14H22N2O. The van der Waals surface area contributed by atoms with Gasteiger partial charge in [-0.25, -0.2) is 0 Å². The number of rotatable bonds is 5. The summed E-state index contributed by atoms with van der Waals surface area (Å²) in [5.41, 5.74) is 0.589. The van der Waals surface area contributed by atoms with Crippen molar-refractivity contribution in [3.05, 3.63) is 35.9 Å². The zero-order chi connectivity index (χ0) is 12.9. The largest absolute Gasteiger partial charge is 0.348 e. The molecule has 1 aromatic rings. The molecule has 3 heteroatoms. The Morgan fingerprint density at radius 2 is 1.88 bits per heavy atom. The molecule has 1 amide bonds. The second kappa shape index (κ2) is 5.82. The van der Waals surface area contributed by atoms with Gasteiger partial charge >= 0.3 is 0 Å². The summed E-state index contributed by atoms with van der Waals surface area (Å²) < 4.78 is 0. The van der Waals surface area contributed by atoms with E-state index in [1.807, 2.05) is 58.0 Å². The Bertz CT molecular complexity index is 360. The summed E-state index contributed by atoms with van der Waals surface area (Å²) in [6, 6.07) is 10.00. The third kappa shape index (κ3) is 3.86. The average molecular weight is 234 g/mol. The van der Waals surface area contributed by atoms with Crippen LogP contribution in [0, 0.1) is 0 Å². The van der Waals surface area contributed by atoms with E-state index in [0.29, 0.717) is 0 Å². The topological polar surface area (TPSA) is 41.1 Å². The van der Waals surface area contributed by atoms with Crippen molar-refractivity contribution in [3.63, 3.8) is 0 Å². The Hall–Kier alpha value is -1.35. The summed E-state index contributed by atoms with van der Waals surface area (Å²) in [6.07, 6.45) is 0. The van der Waals surface area contributed by atoms with Gasteiger partial charge in [-0.2, -0.15) is 0 Å². The Morgan fingerprint density at radius 3 is 2.41 bits per heavy atom. The number of benzene rings is 1. The fourth-order valence-corrected chi connectivity index (χ4v) is 1.72. The van der Waals surface area contributed by atoms with E-state index in [4.69, 9.17) is 0 Å². The average Bonchev–Trinajstić information content (AvgIpc) is 2.30. The lowest BCUT2D eigenvalue weighted by Crippen LogP contribution is -2.52. The SMILES string of the molecule is CCNC(C)(C)C(=O)NC(C)c1ccccc1. The first-order valence-electron chi connectivity index (χ1n) is 6.08. The van der Waals surface area contributed by atoms with E-state index in [-0.39, 0.29) is 11.9 Å². The van der Waals surface area contributed by atoms with Crippen molar-refractivity contribution in [2.45, 2.75) is 39.3 Å². The highest BCUT2D eigenvalue weighted by molar-refractivity contribution is 5.85. The number of nitrogens with one attached hydrogen (secondary N) is 2. The minimum absolute atomic E-state index is 0.0238. The van der Waals surface area contributed by atoms with Crippen molar-refractivity contribution in [1.29, 1.82) is 0 Å².